The molecular weight excluding hydrogens is 326 g/mol. The van der Waals surface area contributed by atoms with Crippen LogP contribution in [0.15, 0.2) is 24.3 Å². The minimum atomic E-state index is -0.0257. The molecule has 6 nitrogen and oxygen atoms in total. The van der Waals surface area contributed by atoms with Gasteiger partial charge in [-0.2, -0.15) is 10.4 Å². The largest absolute Gasteiger partial charge is 0.328 e. The van der Waals surface area contributed by atoms with Crippen molar-refractivity contribution in [3.8, 4) is 6.07 Å². The van der Waals surface area contributed by atoms with Crippen LogP contribution in [0.25, 0.3) is 0 Å². The molecule has 2 aliphatic rings. The van der Waals surface area contributed by atoms with Gasteiger partial charge in [-0.05, 0) is 44.1 Å². The minimum absolute atomic E-state index is 0.0257. The molecule has 1 aromatic heterocycles. The fraction of sp³-hybridized carbons (Fsp3) is 0.450. The summed E-state index contributed by atoms with van der Waals surface area (Å²) >= 11 is 0. The maximum Gasteiger partial charge on any atom is 0.254 e. The number of hydrogen-bond acceptors (Lipinski definition) is 4. The summed E-state index contributed by atoms with van der Waals surface area (Å²) in [5, 5.41) is 13.8. The number of fused-ring (bicyclic) bond motifs is 1. The number of rotatable bonds is 3. The van der Waals surface area contributed by atoms with Crippen LogP contribution in [0, 0.1) is 11.3 Å². The van der Waals surface area contributed by atoms with Gasteiger partial charge in [0, 0.05) is 24.7 Å². The summed E-state index contributed by atoms with van der Waals surface area (Å²) in [5.74, 6) is -0.0257. The number of nitrogens with zero attached hydrogens (tertiary/aromatic N) is 5. The number of carbonyl (C=O) groups is 1. The van der Waals surface area contributed by atoms with E-state index in [1.54, 1.807) is 24.3 Å². The van der Waals surface area contributed by atoms with Crippen molar-refractivity contribution in [3.63, 3.8) is 0 Å². The standard InChI is InChI=1S/C20H23N5O/c1-23-19-14-25(20(26)16-7-5-6-15(10-16)11-21)12-17(19)18(22-23)13-24-8-3-2-4-9-24/h5-7,10H,2-4,8-9,12-14H2,1H3. The summed E-state index contributed by atoms with van der Waals surface area (Å²) in [6.07, 6.45) is 3.84. The molecule has 0 atom stereocenters. The molecule has 0 radical (unpaired) electrons. The van der Waals surface area contributed by atoms with Crippen molar-refractivity contribution in [1.29, 1.82) is 5.26 Å². The molecule has 4 rings (SSSR count). The Morgan fingerprint density at radius 1 is 1.23 bits per heavy atom. The van der Waals surface area contributed by atoms with Crippen LogP contribution in [0.2, 0.25) is 0 Å². The van der Waals surface area contributed by atoms with E-state index in [1.807, 2.05) is 16.6 Å². The summed E-state index contributed by atoms with van der Waals surface area (Å²) < 4.78 is 1.92. The fourth-order valence-electron chi connectivity index (χ4n) is 3.98. The maximum absolute atomic E-state index is 12.9. The van der Waals surface area contributed by atoms with Crippen molar-refractivity contribution in [2.24, 2.45) is 7.05 Å². The Bertz CT molecular complexity index is 873. The van der Waals surface area contributed by atoms with Gasteiger partial charge in [0.15, 0.2) is 0 Å². The summed E-state index contributed by atoms with van der Waals surface area (Å²) in [4.78, 5) is 17.2. The molecule has 26 heavy (non-hydrogen) atoms. The molecule has 6 heteroatoms. The first-order valence-corrected chi connectivity index (χ1v) is 9.21. The highest BCUT2D eigenvalue weighted by molar-refractivity contribution is 5.94. The van der Waals surface area contributed by atoms with Gasteiger partial charge in [0.2, 0.25) is 0 Å². The predicted molar refractivity (Wildman–Crippen MR) is 97.1 cm³/mol. The van der Waals surface area contributed by atoms with Gasteiger partial charge in [0.1, 0.15) is 0 Å². The smallest absolute Gasteiger partial charge is 0.254 e. The first kappa shape index (κ1) is 16.8. The number of nitriles is 1. The molecular formula is C20H23N5O. The molecule has 2 aromatic rings. The number of carbonyl (C=O) groups excluding carboxylic acids is 1. The normalized spacial score (nSPS) is 17.2. The summed E-state index contributed by atoms with van der Waals surface area (Å²) in [6, 6.07) is 9.02. The lowest BCUT2D eigenvalue weighted by Crippen LogP contribution is -2.30. The molecule has 134 valence electrons. The highest BCUT2D eigenvalue weighted by Crippen LogP contribution is 2.28. The van der Waals surface area contributed by atoms with Crippen molar-refractivity contribution in [1.82, 2.24) is 19.6 Å². The molecule has 1 saturated heterocycles. The molecule has 3 heterocycles. The quantitative estimate of drug-likeness (QED) is 0.854. The fourth-order valence-corrected chi connectivity index (χ4v) is 3.98. The van der Waals surface area contributed by atoms with Crippen LogP contribution in [-0.4, -0.2) is 38.6 Å². The Balaban J connectivity index is 1.52. The molecule has 2 aliphatic heterocycles. The monoisotopic (exact) mass is 349 g/mol. The molecule has 1 aromatic carbocycles. The van der Waals surface area contributed by atoms with Crippen LogP contribution in [0.3, 0.4) is 0 Å². The van der Waals surface area contributed by atoms with Crippen LogP contribution in [0.5, 0.6) is 0 Å². The minimum Gasteiger partial charge on any atom is -0.328 e. The van der Waals surface area contributed by atoms with Crippen LogP contribution < -0.4 is 0 Å². The van der Waals surface area contributed by atoms with Crippen LogP contribution >= 0.6 is 0 Å². The highest BCUT2D eigenvalue weighted by atomic mass is 16.2. The van der Waals surface area contributed by atoms with Crippen molar-refractivity contribution >= 4 is 5.91 Å². The van der Waals surface area contributed by atoms with Gasteiger partial charge < -0.3 is 4.90 Å². The van der Waals surface area contributed by atoms with E-state index in [2.05, 4.69) is 11.0 Å². The van der Waals surface area contributed by atoms with Gasteiger partial charge in [0.25, 0.3) is 5.91 Å². The zero-order valence-corrected chi connectivity index (χ0v) is 15.1. The first-order valence-electron chi connectivity index (χ1n) is 9.21. The SMILES string of the molecule is Cn1nc(CN2CCCCC2)c2c1CN(C(=O)c1cccc(C#N)c1)C2. The first-order chi connectivity index (χ1) is 12.7. The number of likely N-dealkylation sites (tertiary alicyclic amines) is 1. The van der Waals surface area contributed by atoms with Gasteiger partial charge in [-0.15, -0.1) is 0 Å². The Hall–Kier alpha value is -2.65. The third-order valence-corrected chi connectivity index (χ3v) is 5.40. The number of amides is 1. The topological polar surface area (TPSA) is 65.2 Å². The number of hydrogen-bond donors (Lipinski definition) is 0. The summed E-state index contributed by atoms with van der Waals surface area (Å²) in [5.41, 5.74) is 4.51. The number of aromatic nitrogens is 2. The Morgan fingerprint density at radius 3 is 2.81 bits per heavy atom. The molecule has 0 saturated carbocycles. The lowest BCUT2D eigenvalue weighted by molar-refractivity contribution is 0.0747. The second-order valence-corrected chi connectivity index (χ2v) is 7.19. The van der Waals surface area contributed by atoms with E-state index in [0.29, 0.717) is 24.2 Å². The number of benzene rings is 1. The van der Waals surface area contributed by atoms with E-state index in [-0.39, 0.29) is 5.91 Å². The van der Waals surface area contributed by atoms with Crippen LogP contribution in [0.1, 0.15) is 52.1 Å². The maximum atomic E-state index is 12.9. The van der Waals surface area contributed by atoms with E-state index in [4.69, 9.17) is 10.4 Å². The van der Waals surface area contributed by atoms with Crippen molar-refractivity contribution in [2.45, 2.75) is 38.9 Å². The second-order valence-electron chi connectivity index (χ2n) is 7.19. The zero-order chi connectivity index (χ0) is 18.1. The van der Waals surface area contributed by atoms with Crippen molar-refractivity contribution in [2.75, 3.05) is 13.1 Å². The zero-order valence-electron chi connectivity index (χ0n) is 15.1. The molecule has 1 fully saturated rings. The van der Waals surface area contributed by atoms with Gasteiger partial charge in [0.05, 0.1) is 36.1 Å². The average Bonchev–Trinajstić information content (AvgIpc) is 3.23. The molecule has 0 aliphatic carbocycles. The van der Waals surface area contributed by atoms with Crippen molar-refractivity contribution in [3.05, 3.63) is 52.3 Å². The van der Waals surface area contributed by atoms with E-state index < -0.39 is 0 Å². The second kappa shape index (κ2) is 6.93. The van der Waals surface area contributed by atoms with E-state index in [1.165, 1.54) is 24.8 Å². The van der Waals surface area contributed by atoms with Gasteiger partial charge >= 0.3 is 0 Å². The molecule has 0 bridgehead atoms. The van der Waals surface area contributed by atoms with Crippen molar-refractivity contribution < 1.29 is 4.79 Å². The van der Waals surface area contributed by atoms with Crippen LogP contribution in [0.4, 0.5) is 0 Å². The third kappa shape index (κ3) is 3.11. The summed E-state index contributed by atoms with van der Waals surface area (Å²) in [7, 11) is 1.96. The lowest BCUT2D eigenvalue weighted by Gasteiger charge is -2.26. The molecule has 1 amide bonds. The predicted octanol–water partition coefficient (Wildman–Crippen LogP) is 2.43. The Labute approximate surface area is 153 Å². The molecule has 0 unspecified atom stereocenters. The van der Waals surface area contributed by atoms with Gasteiger partial charge in [-0.1, -0.05) is 12.5 Å². The number of piperidine rings is 1. The Morgan fingerprint density at radius 2 is 2.04 bits per heavy atom. The Kier molecular flexibility index (Phi) is 4.48. The highest BCUT2D eigenvalue weighted by Gasteiger charge is 2.31. The van der Waals surface area contributed by atoms with Gasteiger partial charge in [-0.25, -0.2) is 0 Å². The lowest BCUT2D eigenvalue weighted by atomic mass is 10.1. The average molecular weight is 349 g/mol. The molecule has 0 spiro atoms. The van der Waals surface area contributed by atoms with E-state index in [9.17, 15) is 4.79 Å². The van der Waals surface area contributed by atoms with E-state index >= 15 is 0 Å². The third-order valence-electron chi connectivity index (χ3n) is 5.40. The van der Waals surface area contributed by atoms with Gasteiger partial charge in [-0.3, -0.25) is 14.4 Å². The summed E-state index contributed by atoms with van der Waals surface area (Å²) in [6.45, 7) is 4.31. The van der Waals surface area contributed by atoms with E-state index in [0.717, 1.165) is 31.0 Å². The molecule has 0 N–H and O–H groups in total. The van der Waals surface area contributed by atoms with Crippen LogP contribution in [-0.2, 0) is 26.7 Å². The number of aryl methyl sites for hydroxylation is 1.